The number of hydrogen-bond acceptors (Lipinski definition) is 3. The van der Waals surface area contributed by atoms with E-state index in [1.807, 2.05) is 0 Å². The highest BCUT2D eigenvalue weighted by Crippen LogP contribution is 2.14. The minimum atomic E-state index is 0.891. The molecule has 0 atom stereocenters. The van der Waals surface area contributed by atoms with Crippen molar-refractivity contribution in [2.75, 3.05) is 0 Å². The molecule has 0 fully saturated rings. The smallest absolute Gasteiger partial charge is 0.0826 e. The van der Waals surface area contributed by atoms with Crippen molar-refractivity contribution in [1.29, 1.82) is 0 Å². The summed E-state index contributed by atoms with van der Waals surface area (Å²) in [6.07, 6.45) is 5.00. The first-order valence-corrected chi connectivity index (χ1v) is 3.70. The summed E-state index contributed by atoms with van der Waals surface area (Å²) in [7, 11) is 0. The van der Waals surface area contributed by atoms with Crippen LogP contribution in [0.4, 0.5) is 0 Å². The van der Waals surface area contributed by atoms with Gasteiger partial charge in [0.25, 0.3) is 0 Å². The first-order valence-electron chi connectivity index (χ1n) is 2.82. The molecule has 0 amide bonds. The Morgan fingerprint density at radius 2 is 2.50 bits per heavy atom. The summed E-state index contributed by atoms with van der Waals surface area (Å²) in [4.78, 5) is 5.11. The minimum Gasteiger partial charge on any atom is -0.405 e. The van der Waals surface area contributed by atoms with E-state index in [4.69, 9.17) is 5.73 Å². The number of aromatic nitrogens is 1. The van der Waals surface area contributed by atoms with Crippen molar-refractivity contribution < 1.29 is 0 Å². The Bertz CT molecular complexity index is 250. The molecule has 0 aliphatic rings. The number of nitrogens with two attached hydrogens (primary N) is 1. The fourth-order valence-corrected chi connectivity index (χ4v) is 1.25. The Kier molecular flexibility index (Phi) is 2.23. The van der Waals surface area contributed by atoms with Crippen LogP contribution in [0.2, 0.25) is 0 Å². The van der Waals surface area contributed by atoms with E-state index in [-0.39, 0.29) is 0 Å². The molecule has 0 unspecified atom stereocenters. The second kappa shape index (κ2) is 3.17. The molecule has 0 aromatic carbocycles. The third-order valence-electron chi connectivity index (χ3n) is 1.06. The second-order valence-electron chi connectivity index (χ2n) is 1.67. The van der Waals surface area contributed by atoms with Gasteiger partial charge in [-0.05, 0) is 18.4 Å². The molecule has 0 bridgehead atoms. The summed E-state index contributed by atoms with van der Waals surface area (Å²) in [5, 5.41) is 0. The molecule has 2 N–H and O–H groups in total. The van der Waals surface area contributed by atoms with Gasteiger partial charge in [0.05, 0.1) is 16.1 Å². The Hall–Kier alpha value is -1.09. The first kappa shape index (κ1) is 7.02. The fourth-order valence-electron chi connectivity index (χ4n) is 0.633. The van der Waals surface area contributed by atoms with Crippen LogP contribution in [0.1, 0.15) is 10.6 Å². The van der Waals surface area contributed by atoms with Crippen LogP contribution in [0.3, 0.4) is 0 Å². The zero-order valence-corrected chi connectivity index (χ0v) is 6.27. The molecule has 2 nitrogen and oxygen atoms in total. The lowest BCUT2D eigenvalue weighted by atomic mass is 10.3. The lowest BCUT2D eigenvalue weighted by Gasteiger charge is -1.84. The molecule has 1 rings (SSSR count). The van der Waals surface area contributed by atoms with Gasteiger partial charge in [0, 0.05) is 0 Å². The van der Waals surface area contributed by atoms with Gasteiger partial charge in [-0.2, -0.15) is 0 Å². The zero-order valence-electron chi connectivity index (χ0n) is 5.45. The van der Waals surface area contributed by atoms with Crippen LogP contribution in [0.15, 0.2) is 18.3 Å². The molecule has 1 aromatic heterocycles. The highest BCUT2D eigenvalue weighted by molar-refractivity contribution is 7.10. The molecule has 0 saturated carbocycles. The van der Waals surface area contributed by atoms with Crippen molar-refractivity contribution in [2.45, 2.75) is 0 Å². The van der Waals surface area contributed by atoms with Crippen molar-refractivity contribution in [3.8, 4) is 0 Å². The summed E-state index contributed by atoms with van der Waals surface area (Å²) in [5.74, 6) is 0. The summed E-state index contributed by atoms with van der Waals surface area (Å²) >= 11 is 1.55. The number of hydrogen-bond donors (Lipinski definition) is 1. The van der Waals surface area contributed by atoms with Gasteiger partial charge >= 0.3 is 0 Å². The molecular formula is C7H8N2S. The van der Waals surface area contributed by atoms with Crippen LogP contribution >= 0.6 is 11.3 Å². The van der Waals surface area contributed by atoms with Crippen molar-refractivity contribution in [2.24, 2.45) is 5.73 Å². The van der Waals surface area contributed by atoms with Crippen molar-refractivity contribution in [3.63, 3.8) is 0 Å². The predicted octanol–water partition coefficient (Wildman–Crippen LogP) is 1.72. The number of nitrogens with zero attached hydrogens (tertiary/aromatic N) is 1. The summed E-state index contributed by atoms with van der Waals surface area (Å²) in [6, 6.07) is 0. The SMILES string of the molecule is C=Cc1scnc1/C=C\N. The van der Waals surface area contributed by atoms with Crippen LogP contribution in [-0.4, -0.2) is 4.98 Å². The van der Waals surface area contributed by atoms with Gasteiger partial charge in [-0.15, -0.1) is 11.3 Å². The molecule has 3 heteroatoms. The number of thiazole rings is 1. The highest BCUT2D eigenvalue weighted by Gasteiger charge is 1.95. The Balaban J connectivity index is 3.00. The molecule has 0 aliphatic carbocycles. The largest absolute Gasteiger partial charge is 0.405 e. The van der Waals surface area contributed by atoms with Gasteiger partial charge in [0.15, 0.2) is 0 Å². The predicted molar refractivity (Wildman–Crippen MR) is 45.4 cm³/mol. The van der Waals surface area contributed by atoms with Crippen molar-refractivity contribution in [1.82, 2.24) is 4.98 Å². The lowest BCUT2D eigenvalue weighted by molar-refractivity contribution is 1.37. The van der Waals surface area contributed by atoms with E-state index in [0.717, 1.165) is 10.6 Å². The van der Waals surface area contributed by atoms with E-state index >= 15 is 0 Å². The highest BCUT2D eigenvalue weighted by atomic mass is 32.1. The summed E-state index contributed by atoms with van der Waals surface area (Å²) in [5.41, 5.74) is 7.85. The molecule has 10 heavy (non-hydrogen) atoms. The van der Waals surface area contributed by atoms with E-state index in [0.29, 0.717) is 0 Å². The molecule has 1 heterocycles. The third kappa shape index (κ3) is 1.25. The average Bonchev–Trinajstić information content (AvgIpc) is 2.36. The van der Waals surface area contributed by atoms with Crippen LogP contribution < -0.4 is 5.73 Å². The fraction of sp³-hybridized carbons (Fsp3) is 0. The van der Waals surface area contributed by atoms with E-state index in [2.05, 4.69) is 11.6 Å². The lowest BCUT2D eigenvalue weighted by Crippen LogP contribution is -1.78. The maximum absolute atomic E-state index is 5.19. The summed E-state index contributed by atoms with van der Waals surface area (Å²) in [6.45, 7) is 3.64. The van der Waals surface area contributed by atoms with E-state index in [9.17, 15) is 0 Å². The molecule has 0 radical (unpaired) electrons. The van der Waals surface area contributed by atoms with Gasteiger partial charge in [0.2, 0.25) is 0 Å². The van der Waals surface area contributed by atoms with Crippen LogP contribution in [0.25, 0.3) is 12.2 Å². The van der Waals surface area contributed by atoms with Gasteiger partial charge in [-0.1, -0.05) is 6.58 Å². The molecule has 1 aromatic rings. The Morgan fingerprint density at radius 3 is 3.10 bits per heavy atom. The van der Waals surface area contributed by atoms with Crippen molar-refractivity contribution >= 4 is 23.5 Å². The van der Waals surface area contributed by atoms with Gasteiger partial charge in [0.1, 0.15) is 0 Å². The Morgan fingerprint density at radius 1 is 1.70 bits per heavy atom. The topological polar surface area (TPSA) is 38.9 Å². The monoisotopic (exact) mass is 152 g/mol. The van der Waals surface area contributed by atoms with Crippen LogP contribution in [0, 0.1) is 0 Å². The molecule has 0 spiro atoms. The molecule has 0 saturated heterocycles. The van der Waals surface area contributed by atoms with Crippen LogP contribution in [-0.2, 0) is 0 Å². The second-order valence-corrected chi connectivity index (χ2v) is 2.55. The standard InChI is InChI=1S/C7H8N2S/c1-2-7-6(3-4-8)9-5-10-7/h2-5H,1,8H2/b4-3-. The van der Waals surface area contributed by atoms with E-state index in [1.165, 1.54) is 6.20 Å². The summed E-state index contributed by atoms with van der Waals surface area (Å²) < 4.78 is 0. The van der Waals surface area contributed by atoms with E-state index in [1.54, 1.807) is 29.0 Å². The maximum Gasteiger partial charge on any atom is 0.0826 e. The zero-order chi connectivity index (χ0) is 7.40. The average molecular weight is 152 g/mol. The van der Waals surface area contributed by atoms with Gasteiger partial charge in [-0.25, -0.2) is 4.98 Å². The molecule has 0 aliphatic heterocycles. The van der Waals surface area contributed by atoms with Crippen LogP contribution in [0.5, 0.6) is 0 Å². The normalized spacial score (nSPS) is 10.4. The Labute approximate surface area is 63.7 Å². The number of rotatable bonds is 2. The third-order valence-corrected chi connectivity index (χ3v) is 1.90. The first-order chi connectivity index (χ1) is 4.88. The minimum absolute atomic E-state index is 0.891. The van der Waals surface area contributed by atoms with Gasteiger partial charge in [-0.3, -0.25) is 0 Å². The molecular weight excluding hydrogens is 144 g/mol. The quantitative estimate of drug-likeness (QED) is 0.700. The maximum atomic E-state index is 5.19. The van der Waals surface area contributed by atoms with E-state index < -0.39 is 0 Å². The van der Waals surface area contributed by atoms with Gasteiger partial charge < -0.3 is 5.73 Å². The van der Waals surface area contributed by atoms with Crippen molar-refractivity contribution in [3.05, 3.63) is 28.9 Å². The molecule has 52 valence electrons.